The number of nitrogens with two attached hydrogens (primary N) is 1. The second kappa shape index (κ2) is 3.89. The highest BCUT2D eigenvalue weighted by molar-refractivity contribution is 5.68. The van der Waals surface area contributed by atoms with Gasteiger partial charge in [0.05, 0.1) is 0 Å². The molecule has 0 amide bonds. The molecular weight excluding hydrogens is 215 g/mol. The van der Waals surface area contributed by atoms with E-state index in [-0.39, 0.29) is 5.56 Å². The van der Waals surface area contributed by atoms with Crippen LogP contribution in [0.4, 0.5) is 18.9 Å². The smallest absolute Gasteiger partial charge is 0.156 e. The quantitative estimate of drug-likeness (QED) is 0.737. The minimum absolute atomic E-state index is 0.152. The zero-order valence-corrected chi connectivity index (χ0v) is 8.18. The Bertz CT molecular complexity index is 521. The summed E-state index contributed by atoms with van der Waals surface area (Å²) in [5.74, 6) is -2.05. The van der Waals surface area contributed by atoms with Crippen LogP contribution in [0.3, 0.4) is 0 Å². The van der Waals surface area contributed by atoms with Gasteiger partial charge in [0.1, 0.15) is 17.3 Å². The summed E-state index contributed by atoms with van der Waals surface area (Å²) in [5.41, 5.74) is 5.30. The number of rotatable bonds is 1. The van der Waals surface area contributed by atoms with Crippen molar-refractivity contribution >= 4 is 5.69 Å². The molecule has 0 unspecified atom stereocenters. The molecule has 2 rings (SSSR count). The number of nitrogen functional groups attached to an aromatic ring is 1. The summed E-state index contributed by atoms with van der Waals surface area (Å²) < 4.78 is 39.2. The van der Waals surface area contributed by atoms with E-state index in [0.717, 1.165) is 6.07 Å². The minimum Gasteiger partial charge on any atom is -0.394 e. The molecule has 0 bridgehead atoms. The fourth-order valence-electron chi connectivity index (χ4n) is 1.42. The molecule has 0 fully saturated rings. The second-order valence-corrected chi connectivity index (χ2v) is 3.33. The average Bonchev–Trinajstić information content (AvgIpc) is 2.28. The summed E-state index contributed by atoms with van der Waals surface area (Å²) in [4.78, 5) is 0. The Morgan fingerprint density at radius 3 is 2.06 bits per heavy atom. The first-order chi connectivity index (χ1) is 7.59. The predicted molar refractivity (Wildman–Crippen MR) is 56.2 cm³/mol. The van der Waals surface area contributed by atoms with Gasteiger partial charge < -0.3 is 5.73 Å². The van der Waals surface area contributed by atoms with Crippen molar-refractivity contribution < 1.29 is 13.2 Å². The summed E-state index contributed by atoms with van der Waals surface area (Å²) in [7, 11) is 0. The monoisotopic (exact) mass is 223 g/mol. The van der Waals surface area contributed by atoms with Gasteiger partial charge in [-0.1, -0.05) is 12.1 Å². The van der Waals surface area contributed by atoms with Crippen LogP contribution in [0.2, 0.25) is 0 Å². The van der Waals surface area contributed by atoms with Gasteiger partial charge in [0.2, 0.25) is 0 Å². The number of hydrogen-bond acceptors (Lipinski definition) is 1. The zero-order chi connectivity index (χ0) is 11.7. The van der Waals surface area contributed by atoms with E-state index in [2.05, 4.69) is 0 Å². The first-order valence-corrected chi connectivity index (χ1v) is 4.59. The van der Waals surface area contributed by atoms with Gasteiger partial charge in [-0.25, -0.2) is 13.2 Å². The van der Waals surface area contributed by atoms with Gasteiger partial charge in [-0.05, 0) is 29.8 Å². The number of anilines is 1. The van der Waals surface area contributed by atoms with Gasteiger partial charge in [0, 0.05) is 5.56 Å². The molecule has 0 aliphatic heterocycles. The lowest BCUT2D eigenvalue weighted by molar-refractivity contribution is 0.594. The lowest BCUT2D eigenvalue weighted by Crippen LogP contribution is -1.97. The van der Waals surface area contributed by atoms with E-state index in [1.807, 2.05) is 0 Å². The van der Waals surface area contributed by atoms with Crippen molar-refractivity contribution in [2.24, 2.45) is 0 Å². The predicted octanol–water partition coefficient (Wildman–Crippen LogP) is 3.35. The SMILES string of the molecule is Nc1c(F)ccc(-c2ccc(F)cc2)c1F. The number of halogens is 3. The van der Waals surface area contributed by atoms with E-state index in [0.29, 0.717) is 5.56 Å². The molecule has 0 aliphatic rings. The molecule has 0 atom stereocenters. The molecule has 0 aliphatic carbocycles. The zero-order valence-electron chi connectivity index (χ0n) is 8.18. The largest absolute Gasteiger partial charge is 0.394 e. The molecule has 0 spiro atoms. The van der Waals surface area contributed by atoms with Crippen molar-refractivity contribution in [2.45, 2.75) is 0 Å². The molecule has 0 saturated heterocycles. The fourth-order valence-corrected chi connectivity index (χ4v) is 1.42. The Kier molecular flexibility index (Phi) is 2.56. The van der Waals surface area contributed by atoms with Crippen LogP contribution in [0.25, 0.3) is 11.1 Å². The molecule has 0 heterocycles. The number of hydrogen-bond donors (Lipinski definition) is 1. The normalized spacial score (nSPS) is 10.4. The topological polar surface area (TPSA) is 26.0 Å². The van der Waals surface area contributed by atoms with Gasteiger partial charge in [-0.2, -0.15) is 0 Å². The van der Waals surface area contributed by atoms with Gasteiger partial charge >= 0.3 is 0 Å². The van der Waals surface area contributed by atoms with Crippen LogP contribution in [-0.4, -0.2) is 0 Å². The van der Waals surface area contributed by atoms with Gasteiger partial charge in [-0.15, -0.1) is 0 Å². The van der Waals surface area contributed by atoms with E-state index in [1.165, 1.54) is 30.3 Å². The first-order valence-electron chi connectivity index (χ1n) is 4.59. The summed E-state index contributed by atoms with van der Waals surface area (Å²) in [5, 5.41) is 0. The highest BCUT2D eigenvalue weighted by Gasteiger charge is 2.11. The summed E-state index contributed by atoms with van der Waals surface area (Å²) >= 11 is 0. The lowest BCUT2D eigenvalue weighted by atomic mass is 10.0. The molecule has 0 saturated carbocycles. The Morgan fingerprint density at radius 2 is 1.44 bits per heavy atom. The van der Waals surface area contributed by atoms with Crippen LogP contribution in [0.15, 0.2) is 36.4 Å². The van der Waals surface area contributed by atoms with E-state index >= 15 is 0 Å². The van der Waals surface area contributed by atoms with Crippen LogP contribution in [0, 0.1) is 17.5 Å². The van der Waals surface area contributed by atoms with Crippen molar-refractivity contribution in [3.05, 3.63) is 53.8 Å². The maximum atomic E-state index is 13.6. The van der Waals surface area contributed by atoms with Crippen LogP contribution in [0.5, 0.6) is 0 Å². The van der Waals surface area contributed by atoms with E-state index in [4.69, 9.17) is 5.73 Å². The summed E-state index contributed by atoms with van der Waals surface area (Å²) in [6.07, 6.45) is 0. The maximum absolute atomic E-state index is 13.6. The van der Waals surface area contributed by atoms with E-state index in [1.54, 1.807) is 0 Å². The minimum atomic E-state index is -0.827. The maximum Gasteiger partial charge on any atom is 0.156 e. The van der Waals surface area contributed by atoms with Crippen molar-refractivity contribution in [1.29, 1.82) is 0 Å². The molecule has 82 valence electrons. The Balaban J connectivity index is 2.57. The first kappa shape index (κ1) is 10.5. The highest BCUT2D eigenvalue weighted by atomic mass is 19.1. The third kappa shape index (κ3) is 1.74. The van der Waals surface area contributed by atoms with E-state index in [9.17, 15) is 13.2 Å². The standard InChI is InChI=1S/C12H8F3N/c13-8-3-1-7(2-4-8)9-5-6-10(14)12(16)11(9)15/h1-6H,16H2. The molecule has 16 heavy (non-hydrogen) atoms. The van der Waals surface area contributed by atoms with Crippen molar-refractivity contribution in [3.8, 4) is 11.1 Å². The Hall–Kier alpha value is -1.97. The second-order valence-electron chi connectivity index (χ2n) is 3.33. The fraction of sp³-hybridized carbons (Fsp3) is 0. The molecule has 1 nitrogen and oxygen atoms in total. The van der Waals surface area contributed by atoms with Crippen molar-refractivity contribution in [1.82, 2.24) is 0 Å². The van der Waals surface area contributed by atoms with Crippen LogP contribution in [-0.2, 0) is 0 Å². The Labute approximate surface area is 90.3 Å². The van der Waals surface area contributed by atoms with E-state index < -0.39 is 23.1 Å². The van der Waals surface area contributed by atoms with Crippen molar-refractivity contribution in [2.75, 3.05) is 5.73 Å². The highest BCUT2D eigenvalue weighted by Crippen LogP contribution is 2.28. The third-order valence-electron chi connectivity index (χ3n) is 2.28. The van der Waals surface area contributed by atoms with Gasteiger partial charge in [0.15, 0.2) is 5.82 Å². The average molecular weight is 223 g/mol. The molecule has 2 aromatic rings. The van der Waals surface area contributed by atoms with Gasteiger partial charge in [-0.3, -0.25) is 0 Å². The molecule has 2 aromatic carbocycles. The van der Waals surface area contributed by atoms with Gasteiger partial charge in [0.25, 0.3) is 0 Å². The number of benzene rings is 2. The third-order valence-corrected chi connectivity index (χ3v) is 2.28. The van der Waals surface area contributed by atoms with Crippen LogP contribution in [0.1, 0.15) is 0 Å². The summed E-state index contributed by atoms with van der Waals surface area (Å²) in [6, 6.07) is 7.57. The molecule has 4 heteroatoms. The van der Waals surface area contributed by atoms with Crippen LogP contribution < -0.4 is 5.73 Å². The molecule has 2 N–H and O–H groups in total. The molecular formula is C12H8F3N. The molecule has 0 radical (unpaired) electrons. The lowest BCUT2D eigenvalue weighted by Gasteiger charge is -2.06. The van der Waals surface area contributed by atoms with Crippen LogP contribution >= 0.6 is 0 Å². The molecule has 0 aromatic heterocycles. The Morgan fingerprint density at radius 1 is 0.812 bits per heavy atom. The van der Waals surface area contributed by atoms with Crippen molar-refractivity contribution in [3.63, 3.8) is 0 Å². The summed E-state index contributed by atoms with van der Waals surface area (Å²) in [6.45, 7) is 0.